The van der Waals surface area contributed by atoms with Crippen LogP contribution < -0.4 is 5.32 Å². The zero-order chi connectivity index (χ0) is 24.9. The van der Waals surface area contributed by atoms with Crippen molar-refractivity contribution in [2.24, 2.45) is 0 Å². The first-order valence-corrected chi connectivity index (χ1v) is 12.1. The zero-order valence-electron chi connectivity index (χ0n) is 17.5. The molecule has 0 bridgehead atoms. The predicted molar refractivity (Wildman–Crippen MR) is 125 cm³/mol. The van der Waals surface area contributed by atoms with Gasteiger partial charge in [0.25, 0.3) is 0 Å². The van der Waals surface area contributed by atoms with E-state index in [0.717, 1.165) is 28.1 Å². The maximum Gasteiger partial charge on any atom is 0.416 e. The molecule has 0 spiro atoms. The van der Waals surface area contributed by atoms with Gasteiger partial charge in [0.1, 0.15) is 4.90 Å². The number of anilines is 1. The third-order valence-corrected chi connectivity index (χ3v) is 7.36. The summed E-state index contributed by atoms with van der Waals surface area (Å²) in [5.41, 5.74) is -0.219. The second kappa shape index (κ2) is 10.8. The van der Waals surface area contributed by atoms with Crippen molar-refractivity contribution in [3.8, 4) is 0 Å². The second-order valence-corrected chi connectivity index (χ2v) is 10.0. The molecule has 1 N–H and O–H groups in total. The fourth-order valence-electron chi connectivity index (χ4n) is 3.13. The molecule has 0 heterocycles. The highest BCUT2D eigenvalue weighted by atomic mass is 35.5. The molecule has 11 heteroatoms. The average Bonchev–Trinajstić information content (AvgIpc) is 2.78. The molecule has 5 nitrogen and oxygen atoms in total. The van der Waals surface area contributed by atoms with Gasteiger partial charge in [0.2, 0.25) is 15.9 Å². The van der Waals surface area contributed by atoms with Crippen LogP contribution in [-0.4, -0.2) is 31.7 Å². The zero-order valence-corrected chi connectivity index (χ0v) is 19.8. The van der Waals surface area contributed by atoms with Gasteiger partial charge in [0.15, 0.2) is 0 Å². The van der Waals surface area contributed by atoms with E-state index in [0.29, 0.717) is 0 Å². The van der Waals surface area contributed by atoms with Crippen LogP contribution in [0, 0.1) is 0 Å². The monoisotopic (exact) mass is 530 g/mol. The summed E-state index contributed by atoms with van der Waals surface area (Å²) in [6, 6.07) is 17.0. The Kier molecular flexibility index (Phi) is 8.25. The van der Waals surface area contributed by atoms with Crippen LogP contribution in [0.25, 0.3) is 0 Å². The number of hydrogen-bond donors (Lipinski definition) is 1. The fraction of sp³-hybridized carbons (Fsp3) is 0.174. The standard InChI is InChI=1S/C23H19Cl2F3N2O3S/c24-18-9-10-20(25)21(14-18)34(32,33)30(12-11-16-5-2-1-3-6-16)15-22(31)29-19-8-4-7-17(13-19)23(26,27)28/h1-10,13-14H,11-12,15H2,(H,29,31). The molecule has 0 aromatic heterocycles. The van der Waals surface area contributed by atoms with Crippen LogP contribution in [0.3, 0.4) is 0 Å². The van der Waals surface area contributed by atoms with E-state index in [2.05, 4.69) is 5.32 Å². The molecule has 3 aromatic rings. The Morgan fingerprint density at radius 1 is 0.941 bits per heavy atom. The van der Waals surface area contributed by atoms with Crippen molar-refractivity contribution in [2.75, 3.05) is 18.4 Å². The average molecular weight is 531 g/mol. The number of hydrogen-bond acceptors (Lipinski definition) is 3. The molecule has 0 aliphatic carbocycles. The number of nitrogens with one attached hydrogen (secondary N) is 1. The minimum absolute atomic E-state index is 0.0765. The Balaban J connectivity index is 1.86. The first-order valence-electron chi connectivity index (χ1n) is 9.93. The van der Waals surface area contributed by atoms with Crippen molar-refractivity contribution in [3.05, 3.63) is 94.0 Å². The Hall–Kier alpha value is -2.59. The lowest BCUT2D eigenvalue weighted by atomic mass is 10.1. The van der Waals surface area contributed by atoms with Gasteiger partial charge in [0.05, 0.1) is 17.1 Å². The van der Waals surface area contributed by atoms with Crippen LogP contribution in [-0.2, 0) is 27.4 Å². The van der Waals surface area contributed by atoms with E-state index in [1.165, 1.54) is 24.3 Å². The first-order chi connectivity index (χ1) is 16.0. The fourth-order valence-corrected chi connectivity index (χ4v) is 5.26. The topological polar surface area (TPSA) is 66.5 Å². The van der Waals surface area contributed by atoms with Crippen LogP contribution in [0.15, 0.2) is 77.7 Å². The maximum absolute atomic E-state index is 13.4. The van der Waals surface area contributed by atoms with Crippen LogP contribution >= 0.6 is 23.2 Å². The van der Waals surface area contributed by atoms with Crippen molar-refractivity contribution < 1.29 is 26.4 Å². The normalized spacial score (nSPS) is 12.1. The highest BCUT2D eigenvalue weighted by Gasteiger charge is 2.31. The summed E-state index contributed by atoms with van der Waals surface area (Å²) in [5, 5.41) is 2.39. The van der Waals surface area contributed by atoms with Crippen molar-refractivity contribution in [1.82, 2.24) is 4.31 Å². The largest absolute Gasteiger partial charge is 0.416 e. The molecular weight excluding hydrogens is 512 g/mol. The van der Waals surface area contributed by atoms with E-state index < -0.39 is 34.2 Å². The molecule has 3 aromatic carbocycles. The van der Waals surface area contributed by atoms with E-state index >= 15 is 0 Å². The van der Waals surface area contributed by atoms with E-state index in [4.69, 9.17) is 23.2 Å². The Bertz CT molecular complexity index is 1270. The molecule has 0 saturated carbocycles. The summed E-state index contributed by atoms with van der Waals surface area (Å²) in [6.45, 7) is -0.723. The molecule has 0 radical (unpaired) electrons. The van der Waals surface area contributed by atoms with Gasteiger partial charge in [-0.05, 0) is 48.4 Å². The minimum Gasteiger partial charge on any atom is -0.325 e. The van der Waals surface area contributed by atoms with E-state index in [1.807, 2.05) is 6.07 Å². The van der Waals surface area contributed by atoms with Gasteiger partial charge < -0.3 is 5.32 Å². The van der Waals surface area contributed by atoms with Crippen molar-refractivity contribution in [2.45, 2.75) is 17.5 Å². The van der Waals surface area contributed by atoms with Crippen LogP contribution in [0.5, 0.6) is 0 Å². The van der Waals surface area contributed by atoms with Crippen molar-refractivity contribution in [3.63, 3.8) is 0 Å². The van der Waals surface area contributed by atoms with Gasteiger partial charge >= 0.3 is 6.18 Å². The summed E-state index contributed by atoms with van der Waals surface area (Å²) in [5.74, 6) is -0.811. The third-order valence-electron chi connectivity index (χ3n) is 4.80. The van der Waals surface area contributed by atoms with E-state index in [1.54, 1.807) is 24.3 Å². The molecule has 3 rings (SSSR count). The van der Waals surface area contributed by atoms with Crippen molar-refractivity contribution in [1.29, 1.82) is 0 Å². The smallest absolute Gasteiger partial charge is 0.325 e. The summed E-state index contributed by atoms with van der Waals surface area (Å²) in [6.07, 6.45) is -4.30. The number of alkyl halides is 3. The van der Waals surface area contributed by atoms with Gasteiger partial charge in [0, 0.05) is 17.3 Å². The predicted octanol–water partition coefficient (Wildman–Crippen LogP) is 5.88. The molecule has 0 atom stereocenters. The number of sulfonamides is 1. The quantitative estimate of drug-likeness (QED) is 0.395. The molecule has 1 amide bonds. The summed E-state index contributed by atoms with van der Waals surface area (Å²) in [7, 11) is -4.27. The van der Waals surface area contributed by atoms with Crippen LogP contribution in [0.4, 0.5) is 18.9 Å². The number of nitrogens with zero attached hydrogens (tertiary/aromatic N) is 1. The number of halogens is 5. The van der Waals surface area contributed by atoms with Crippen molar-refractivity contribution >= 4 is 44.8 Å². The molecule has 34 heavy (non-hydrogen) atoms. The molecule has 0 aliphatic heterocycles. The van der Waals surface area contributed by atoms with Gasteiger partial charge in [-0.15, -0.1) is 0 Å². The third kappa shape index (κ3) is 6.73. The summed E-state index contributed by atoms with van der Waals surface area (Å²) in [4.78, 5) is 12.4. The van der Waals surface area contributed by atoms with Crippen LogP contribution in [0.1, 0.15) is 11.1 Å². The molecule has 0 aliphatic rings. The minimum atomic E-state index is -4.59. The lowest BCUT2D eigenvalue weighted by molar-refractivity contribution is -0.137. The first kappa shape index (κ1) is 26.0. The maximum atomic E-state index is 13.4. The number of carbonyl (C=O) groups is 1. The lowest BCUT2D eigenvalue weighted by Crippen LogP contribution is -2.39. The summed E-state index contributed by atoms with van der Waals surface area (Å²) >= 11 is 12.0. The van der Waals surface area contributed by atoms with Gasteiger partial charge in [-0.1, -0.05) is 59.6 Å². The Morgan fingerprint density at radius 2 is 1.65 bits per heavy atom. The number of rotatable bonds is 8. The van der Waals surface area contributed by atoms with E-state index in [9.17, 15) is 26.4 Å². The van der Waals surface area contributed by atoms with Gasteiger partial charge in [-0.25, -0.2) is 8.42 Å². The van der Waals surface area contributed by atoms with E-state index in [-0.39, 0.29) is 33.6 Å². The highest BCUT2D eigenvalue weighted by Crippen LogP contribution is 2.31. The Morgan fingerprint density at radius 3 is 2.32 bits per heavy atom. The SMILES string of the molecule is O=C(CN(CCc1ccccc1)S(=O)(=O)c1cc(Cl)ccc1Cl)Nc1cccc(C(F)(F)F)c1. The molecule has 0 unspecified atom stereocenters. The van der Waals surface area contributed by atoms with Gasteiger partial charge in [-0.2, -0.15) is 17.5 Å². The van der Waals surface area contributed by atoms with Crippen LogP contribution in [0.2, 0.25) is 10.0 Å². The number of carbonyl (C=O) groups excluding carboxylic acids is 1. The second-order valence-electron chi connectivity index (χ2n) is 7.28. The molecule has 180 valence electrons. The molecular formula is C23H19Cl2F3N2O3S. The highest BCUT2D eigenvalue weighted by molar-refractivity contribution is 7.89. The summed E-state index contributed by atoms with van der Waals surface area (Å²) < 4.78 is 66.5. The molecule has 0 saturated heterocycles. The molecule has 0 fully saturated rings. The number of benzene rings is 3. The van der Waals surface area contributed by atoms with Gasteiger partial charge in [-0.3, -0.25) is 4.79 Å². The Labute approximate surface area is 205 Å². The number of amides is 1. The lowest BCUT2D eigenvalue weighted by Gasteiger charge is -2.23.